The number of benzene rings is 1. The van der Waals surface area contributed by atoms with Crippen LogP contribution in [0.3, 0.4) is 0 Å². The van der Waals surface area contributed by atoms with E-state index < -0.39 is 68.2 Å². The standard InChI is InChI=1S/C22H16F5N5O4S/c1-9-4-14-18(19(28-9)17-12(24)5-10(23)6-13(17)25)20(29-36-14)32-8-16-22(26,27)15(7-31(16)21(32)33)30-37(34,35)11-2-3-11/h4-6,8,11,15,30H,2-3,7H2,1H3/t15-/m1/s1. The summed E-state index contributed by atoms with van der Waals surface area (Å²) in [6, 6.07) is 0.390. The summed E-state index contributed by atoms with van der Waals surface area (Å²) in [6.45, 7) is 0.842. The first-order valence-electron chi connectivity index (χ1n) is 11.0. The van der Waals surface area contributed by atoms with E-state index in [9.17, 15) is 26.4 Å². The number of aryl methyl sites for hydroxylation is 1. The van der Waals surface area contributed by atoms with Gasteiger partial charge in [-0.25, -0.2) is 35.7 Å². The van der Waals surface area contributed by atoms with Crippen molar-refractivity contribution in [1.82, 2.24) is 24.0 Å². The number of pyridine rings is 1. The second kappa shape index (κ2) is 7.71. The third-order valence-corrected chi connectivity index (χ3v) is 8.39. The van der Waals surface area contributed by atoms with Gasteiger partial charge in [-0.2, -0.15) is 8.78 Å². The molecular weight excluding hydrogens is 525 g/mol. The van der Waals surface area contributed by atoms with Crippen LogP contribution in [0, 0.1) is 24.4 Å². The summed E-state index contributed by atoms with van der Waals surface area (Å²) in [5, 5.41) is 2.86. The van der Waals surface area contributed by atoms with Gasteiger partial charge in [0.05, 0.1) is 28.4 Å². The van der Waals surface area contributed by atoms with Gasteiger partial charge in [-0.05, 0) is 19.8 Å². The minimum absolute atomic E-state index is 0.0549. The van der Waals surface area contributed by atoms with Crippen molar-refractivity contribution in [2.24, 2.45) is 0 Å². The SMILES string of the molecule is Cc1cc2onc(-n3cc4n(c3=O)C[C@@H](NS(=O)(=O)C3CC3)C4(F)F)c2c(-c2c(F)cc(F)cc2F)n1. The highest BCUT2D eigenvalue weighted by Gasteiger charge is 2.53. The van der Waals surface area contributed by atoms with Crippen molar-refractivity contribution in [2.45, 2.75) is 43.5 Å². The fourth-order valence-corrected chi connectivity index (χ4v) is 6.09. The summed E-state index contributed by atoms with van der Waals surface area (Å²) in [7, 11) is -3.97. The predicted molar refractivity (Wildman–Crippen MR) is 118 cm³/mol. The number of aromatic nitrogens is 4. The van der Waals surface area contributed by atoms with Gasteiger partial charge in [-0.3, -0.25) is 9.55 Å². The first-order valence-corrected chi connectivity index (χ1v) is 12.6. The maximum absolute atomic E-state index is 15.2. The summed E-state index contributed by atoms with van der Waals surface area (Å²) < 4.78 is 106. The second-order valence-corrected chi connectivity index (χ2v) is 11.0. The molecule has 6 rings (SSSR count). The van der Waals surface area contributed by atoms with Crippen molar-refractivity contribution >= 4 is 21.0 Å². The van der Waals surface area contributed by atoms with Crippen molar-refractivity contribution in [3.8, 4) is 17.1 Å². The number of hydrogen-bond acceptors (Lipinski definition) is 6. The van der Waals surface area contributed by atoms with Gasteiger partial charge in [-0.15, -0.1) is 0 Å². The Hall–Kier alpha value is -3.59. The molecule has 194 valence electrons. The molecule has 1 N–H and O–H groups in total. The van der Waals surface area contributed by atoms with Crippen LogP contribution in [0.2, 0.25) is 0 Å². The second-order valence-electron chi connectivity index (χ2n) is 9.05. The van der Waals surface area contributed by atoms with Gasteiger partial charge in [0.25, 0.3) is 0 Å². The molecule has 4 heterocycles. The Labute approximate surface area is 204 Å². The molecular formula is C22H16F5N5O4S. The molecule has 1 aliphatic heterocycles. The molecule has 1 fully saturated rings. The van der Waals surface area contributed by atoms with Crippen LogP contribution < -0.4 is 10.4 Å². The zero-order valence-corrected chi connectivity index (χ0v) is 19.6. The molecule has 1 aliphatic carbocycles. The van der Waals surface area contributed by atoms with E-state index in [0.717, 1.165) is 6.20 Å². The van der Waals surface area contributed by atoms with Gasteiger partial charge in [0.1, 0.15) is 29.2 Å². The average molecular weight is 541 g/mol. The van der Waals surface area contributed by atoms with Crippen LogP contribution in [-0.4, -0.2) is 39.0 Å². The Kier molecular flexibility index (Phi) is 4.96. The molecule has 37 heavy (non-hydrogen) atoms. The number of nitrogens with zero attached hydrogens (tertiary/aromatic N) is 4. The predicted octanol–water partition coefficient (Wildman–Crippen LogP) is 3.12. The number of fused-ring (bicyclic) bond motifs is 2. The lowest BCUT2D eigenvalue weighted by Gasteiger charge is -2.19. The lowest BCUT2D eigenvalue weighted by atomic mass is 10.1. The van der Waals surface area contributed by atoms with Crippen LogP contribution in [0.1, 0.15) is 24.2 Å². The summed E-state index contributed by atoms with van der Waals surface area (Å²) in [4.78, 5) is 17.3. The third kappa shape index (κ3) is 3.59. The van der Waals surface area contributed by atoms with Crippen molar-refractivity contribution < 1.29 is 34.9 Å². The molecule has 0 radical (unpaired) electrons. The van der Waals surface area contributed by atoms with Crippen LogP contribution in [0.4, 0.5) is 22.0 Å². The van der Waals surface area contributed by atoms with E-state index in [4.69, 9.17) is 4.52 Å². The minimum atomic E-state index is -3.97. The van der Waals surface area contributed by atoms with Crippen LogP contribution in [-0.2, 0) is 22.5 Å². The summed E-state index contributed by atoms with van der Waals surface area (Å²) in [6.07, 6.45) is 1.51. The smallest absolute Gasteiger partial charge is 0.334 e. The van der Waals surface area contributed by atoms with E-state index in [0.29, 0.717) is 34.1 Å². The lowest BCUT2D eigenvalue weighted by molar-refractivity contribution is -0.0249. The van der Waals surface area contributed by atoms with Crippen LogP contribution in [0.15, 0.2) is 33.7 Å². The number of rotatable bonds is 5. The maximum Gasteiger partial charge on any atom is 0.334 e. The highest BCUT2D eigenvalue weighted by Crippen LogP contribution is 2.40. The quantitative estimate of drug-likeness (QED) is 0.389. The van der Waals surface area contributed by atoms with Crippen LogP contribution in [0.5, 0.6) is 0 Å². The first-order chi connectivity index (χ1) is 17.4. The van der Waals surface area contributed by atoms with Crippen molar-refractivity contribution in [2.75, 3.05) is 0 Å². The molecule has 0 spiro atoms. The normalized spacial score (nSPS) is 19.0. The zero-order chi connectivity index (χ0) is 26.4. The van der Waals surface area contributed by atoms with Crippen LogP contribution in [0.25, 0.3) is 28.0 Å². The Morgan fingerprint density at radius 2 is 1.81 bits per heavy atom. The van der Waals surface area contributed by atoms with Crippen molar-refractivity contribution in [1.29, 1.82) is 0 Å². The summed E-state index contributed by atoms with van der Waals surface area (Å²) in [5.74, 6) is -7.86. The van der Waals surface area contributed by atoms with E-state index in [2.05, 4.69) is 10.1 Å². The van der Waals surface area contributed by atoms with E-state index in [1.54, 1.807) is 0 Å². The minimum Gasteiger partial charge on any atom is -0.354 e. The third-order valence-electron chi connectivity index (χ3n) is 6.43. The van der Waals surface area contributed by atoms with Gasteiger partial charge in [0, 0.05) is 30.1 Å². The largest absolute Gasteiger partial charge is 0.354 e. The van der Waals surface area contributed by atoms with Gasteiger partial charge < -0.3 is 4.52 Å². The van der Waals surface area contributed by atoms with Crippen LogP contribution >= 0.6 is 0 Å². The van der Waals surface area contributed by atoms with E-state index in [1.165, 1.54) is 13.0 Å². The fraction of sp³-hybridized carbons (Fsp3) is 0.318. The van der Waals surface area contributed by atoms with Crippen molar-refractivity contribution in [3.05, 3.63) is 63.7 Å². The van der Waals surface area contributed by atoms with Gasteiger partial charge in [-0.1, -0.05) is 5.16 Å². The fourth-order valence-electron chi connectivity index (χ4n) is 4.52. The number of hydrogen-bond donors (Lipinski definition) is 1. The monoisotopic (exact) mass is 541 g/mol. The maximum atomic E-state index is 15.2. The van der Waals surface area contributed by atoms with Gasteiger partial charge in [0.15, 0.2) is 11.4 Å². The van der Waals surface area contributed by atoms with Crippen molar-refractivity contribution in [3.63, 3.8) is 0 Å². The van der Waals surface area contributed by atoms with E-state index in [-0.39, 0.29) is 28.2 Å². The lowest BCUT2D eigenvalue weighted by Crippen LogP contribution is -2.45. The molecule has 3 aromatic heterocycles. The Morgan fingerprint density at radius 3 is 2.43 bits per heavy atom. The highest BCUT2D eigenvalue weighted by molar-refractivity contribution is 7.90. The highest BCUT2D eigenvalue weighted by atomic mass is 32.2. The van der Waals surface area contributed by atoms with E-state index in [1.807, 2.05) is 4.72 Å². The Balaban J connectivity index is 1.49. The number of nitrogens with one attached hydrogen (secondary N) is 1. The Bertz CT molecular complexity index is 1750. The molecule has 4 aromatic rings. The molecule has 15 heteroatoms. The molecule has 1 saturated carbocycles. The topological polar surface area (TPSA) is 112 Å². The number of sulfonamides is 1. The molecule has 0 saturated heterocycles. The molecule has 1 aromatic carbocycles. The summed E-state index contributed by atoms with van der Waals surface area (Å²) in [5.41, 5.74) is -2.69. The molecule has 0 amide bonds. The zero-order valence-electron chi connectivity index (χ0n) is 18.8. The Morgan fingerprint density at radius 1 is 1.14 bits per heavy atom. The number of halogens is 5. The molecule has 1 atom stereocenters. The van der Waals surface area contributed by atoms with Gasteiger partial charge >= 0.3 is 11.6 Å². The van der Waals surface area contributed by atoms with Gasteiger partial charge in [0.2, 0.25) is 10.0 Å². The molecule has 0 unspecified atom stereocenters. The first kappa shape index (κ1) is 23.8. The molecule has 0 bridgehead atoms. The molecule has 9 nitrogen and oxygen atoms in total. The average Bonchev–Trinajstić information content (AvgIpc) is 3.45. The van der Waals surface area contributed by atoms with E-state index >= 15 is 8.78 Å². The molecule has 2 aliphatic rings. The number of imidazole rings is 1. The number of alkyl halides is 2. The summed E-state index contributed by atoms with van der Waals surface area (Å²) >= 11 is 0.